The van der Waals surface area contributed by atoms with Gasteiger partial charge in [0.05, 0.1) is 10.6 Å². The minimum atomic E-state index is -3.89. The molecule has 1 aliphatic rings. The van der Waals surface area contributed by atoms with Crippen molar-refractivity contribution in [3.8, 4) is 0 Å². The van der Waals surface area contributed by atoms with E-state index >= 15 is 0 Å². The van der Waals surface area contributed by atoms with Crippen molar-refractivity contribution >= 4 is 60.9 Å². The smallest absolute Gasteiger partial charge is 0.264 e. The number of benzene rings is 3. The van der Waals surface area contributed by atoms with Gasteiger partial charge < -0.3 is 4.90 Å². The van der Waals surface area contributed by atoms with Crippen molar-refractivity contribution in [3.63, 3.8) is 0 Å². The van der Waals surface area contributed by atoms with Crippen LogP contribution < -0.4 is 4.31 Å². The predicted molar refractivity (Wildman–Crippen MR) is 156 cm³/mol. The van der Waals surface area contributed by atoms with Crippen LogP contribution in [0.15, 0.2) is 81.0 Å². The molecule has 1 unspecified atom stereocenters. The van der Waals surface area contributed by atoms with E-state index < -0.39 is 10.0 Å². The lowest BCUT2D eigenvalue weighted by Crippen LogP contribution is -2.40. The number of likely N-dealkylation sites (tertiary alicyclic amines) is 1. The van der Waals surface area contributed by atoms with Crippen molar-refractivity contribution in [2.24, 2.45) is 0 Å². The monoisotopic (exact) mass is 620 g/mol. The highest BCUT2D eigenvalue weighted by Crippen LogP contribution is 2.29. The van der Waals surface area contributed by atoms with E-state index in [0.717, 1.165) is 39.1 Å². The van der Waals surface area contributed by atoms with Crippen LogP contribution in [0, 0.1) is 13.8 Å². The molecule has 0 aromatic heterocycles. The molecule has 1 heterocycles. The first-order valence-corrected chi connectivity index (χ1v) is 15.8. The zero-order valence-corrected chi connectivity index (χ0v) is 24.8. The van der Waals surface area contributed by atoms with Gasteiger partial charge >= 0.3 is 0 Å². The van der Waals surface area contributed by atoms with Crippen LogP contribution in [0.5, 0.6) is 0 Å². The Kier molecular flexibility index (Phi) is 9.27. The van der Waals surface area contributed by atoms with Gasteiger partial charge in [-0.3, -0.25) is 9.10 Å². The van der Waals surface area contributed by atoms with Gasteiger partial charge in [-0.1, -0.05) is 33.6 Å². The SMILES string of the molecule is Cc1cc(C)cc(N(CCC(=O)N2CCCC2CSc2ccc(Br)cc2)S(=O)(=O)c2ccc(Cl)cc2)c1. The van der Waals surface area contributed by atoms with E-state index in [2.05, 4.69) is 28.1 Å². The number of halogens is 2. The molecule has 0 bridgehead atoms. The highest BCUT2D eigenvalue weighted by molar-refractivity contribution is 9.10. The number of rotatable bonds is 9. The Labute approximate surface area is 237 Å². The van der Waals surface area contributed by atoms with Gasteiger partial charge in [-0.15, -0.1) is 11.8 Å². The maximum absolute atomic E-state index is 13.7. The average Bonchev–Trinajstić information content (AvgIpc) is 3.32. The summed E-state index contributed by atoms with van der Waals surface area (Å²) in [4.78, 5) is 16.6. The highest BCUT2D eigenvalue weighted by Gasteiger charge is 2.31. The summed E-state index contributed by atoms with van der Waals surface area (Å²) < 4.78 is 29.8. The molecular formula is C28H30BrClN2O3S2. The molecule has 0 saturated carbocycles. The molecule has 0 N–H and O–H groups in total. The lowest BCUT2D eigenvalue weighted by atomic mass is 10.1. The molecule has 3 aromatic carbocycles. The van der Waals surface area contributed by atoms with Crippen LogP contribution >= 0.6 is 39.3 Å². The number of hydrogen-bond donors (Lipinski definition) is 0. The largest absolute Gasteiger partial charge is 0.339 e. The Balaban J connectivity index is 1.50. The zero-order chi connectivity index (χ0) is 26.6. The fourth-order valence-corrected chi connectivity index (χ4v) is 7.52. The third-order valence-corrected chi connectivity index (χ3v) is 10.2. The van der Waals surface area contributed by atoms with E-state index in [4.69, 9.17) is 11.6 Å². The molecule has 1 saturated heterocycles. The minimum absolute atomic E-state index is 0.0143. The Morgan fingerprint density at radius 1 is 1.05 bits per heavy atom. The number of anilines is 1. The minimum Gasteiger partial charge on any atom is -0.339 e. The molecular weight excluding hydrogens is 592 g/mol. The summed E-state index contributed by atoms with van der Waals surface area (Å²) >= 11 is 11.2. The molecule has 37 heavy (non-hydrogen) atoms. The Hall–Kier alpha value is -2.00. The molecule has 1 atom stereocenters. The molecule has 1 fully saturated rings. The maximum Gasteiger partial charge on any atom is 0.264 e. The molecule has 196 valence electrons. The lowest BCUT2D eigenvalue weighted by Gasteiger charge is -2.28. The topological polar surface area (TPSA) is 57.7 Å². The summed E-state index contributed by atoms with van der Waals surface area (Å²) in [5, 5.41) is 0.466. The van der Waals surface area contributed by atoms with Crippen LogP contribution in [0.1, 0.15) is 30.4 Å². The summed E-state index contributed by atoms with van der Waals surface area (Å²) in [5.41, 5.74) is 2.48. The van der Waals surface area contributed by atoms with Crippen LogP contribution in [-0.2, 0) is 14.8 Å². The molecule has 5 nitrogen and oxygen atoms in total. The number of carbonyl (C=O) groups excluding carboxylic acids is 1. The van der Waals surface area contributed by atoms with Crippen molar-refractivity contribution in [3.05, 3.63) is 87.4 Å². The Morgan fingerprint density at radius 2 is 1.70 bits per heavy atom. The molecule has 0 aliphatic carbocycles. The van der Waals surface area contributed by atoms with Crippen LogP contribution in [0.2, 0.25) is 5.02 Å². The first-order valence-electron chi connectivity index (χ1n) is 12.2. The first-order chi connectivity index (χ1) is 17.6. The van der Waals surface area contributed by atoms with Crippen molar-refractivity contribution in [2.75, 3.05) is 23.1 Å². The van der Waals surface area contributed by atoms with E-state index in [-0.39, 0.29) is 29.8 Å². The van der Waals surface area contributed by atoms with Gasteiger partial charge in [0.25, 0.3) is 10.0 Å². The van der Waals surface area contributed by atoms with E-state index in [1.165, 1.54) is 16.4 Å². The number of carbonyl (C=O) groups is 1. The third-order valence-electron chi connectivity index (χ3n) is 6.38. The summed E-state index contributed by atoms with van der Waals surface area (Å²) in [6, 6.07) is 20.1. The predicted octanol–water partition coefficient (Wildman–Crippen LogP) is 7.09. The van der Waals surface area contributed by atoms with Gasteiger partial charge in [0, 0.05) is 45.7 Å². The number of nitrogens with zero attached hydrogens (tertiary/aromatic N) is 2. The second kappa shape index (κ2) is 12.2. The number of aryl methyl sites for hydroxylation is 2. The molecule has 1 aliphatic heterocycles. The van der Waals surface area contributed by atoms with E-state index in [1.807, 2.05) is 49.1 Å². The van der Waals surface area contributed by atoms with Gasteiger partial charge in [0.1, 0.15) is 0 Å². The van der Waals surface area contributed by atoms with Gasteiger partial charge in [-0.25, -0.2) is 8.42 Å². The van der Waals surface area contributed by atoms with Crippen LogP contribution in [-0.4, -0.2) is 44.1 Å². The summed E-state index contributed by atoms with van der Waals surface area (Å²) in [6.07, 6.45) is 2.03. The quantitative estimate of drug-likeness (QED) is 0.240. The Bertz CT molecular complexity index is 1330. The van der Waals surface area contributed by atoms with Gasteiger partial charge in [-0.2, -0.15) is 0 Å². The number of sulfonamides is 1. The van der Waals surface area contributed by atoms with Gasteiger partial charge in [0.15, 0.2) is 0 Å². The van der Waals surface area contributed by atoms with Gasteiger partial charge in [0.2, 0.25) is 5.91 Å². The van der Waals surface area contributed by atoms with Crippen LogP contribution in [0.4, 0.5) is 5.69 Å². The van der Waals surface area contributed by atoms with Crippen molar-refractivity contribution in [2.45, 2.75) is 48.9 Å². The van der Waals surface area contributed by atoms with E-state index in [1.54, 1.807) is 23.9 Å². The molecule has 0 radical (unpaired) electrons. The van der Waals surface area contributed by atoms with E-state index in [9.17, 15) is 13.2 Å². The maximum atomic E-state index is 13.7. The van der Waals surface area contributed by atoms with Crippen molar-refractivity contribution in [1.82, 2.24) is 4.90 Å². The average molecular weight is 622 g/mol. The van der Waals surface area contributed by atoms with Crippen molar-refractivity contribution < 1.29 is 13.2 Å². The standard InChI is InChI=1S/C28H30BrClN2O3S2/c1-20-16-21(2)18-25(17-20)32(37(34,35)27-11-7-23(30)8-12-27)15-13-28(33)31-14-3-4-24(31)19-36-26-9-5-22(29)6-10-26/h5-12,16-18,24H,3-4,13-15,19H2,1-2H3. The van der Waals surface area contributed by atoms with E-state index in [0.29, 0.717) is 17.3 Å². The first kappa shape index (κ1) is 28.0. The zero-order valence-electron chi connectivity index (χ0n) is 20.9. The normalized spacial score (nSPS) is 15.7. The number of hydrogen-bond acceptors (Lipinski definition) is 4. The Morgan fingerprint density at radius 3 is 2.35 bits per heavy atom. The fourth-order valence-electron chi connectivity index (χ4n) is 4.62. The molecule has 0 spiro atoms. The molecule has 3 aromatic rings. The number of amides is 1. The molecule has 4 rings (SSSR count). The van der Waals surface area contributed by atoms with Crippen LogP contribution in [0.3, 0.4) is 0 Å². The third kappa shape index (κ3) is 7.11. The lowest BCUT2D eigenvalue weighted by molar-refractivity contribution is -0.131. The molecule has 1 amide bonds. The number of thioether (sulfide) groups is 1. The fraction of sp³-hybridized carbons (Fsp3) is 0.321. The summed E-state index contributed by atoms with van der Waals surface area (Å²) in [5.74, 6) is 0.802. The van der Waals surface area contributed by atoms with Crippen molar-refractivity contribution in [1.29, 1.82) is 0 Å². The second-order valence-electron chi connectivity index (χ2n) is 9.28. The highest BCUT2D eigenvalue weighted by atomic mass is 79.9. The second-order valence-corrected chi connectivity index (χ2v) is 13.6. The summed E-state index contributed by atoms with van der Waals surface area (Å²) in [7, 11) is -3.89. The molecule has 9 heteroatoms. The van der Waals surface area contributed by atoms with Gasteiger partial charge in [-0.05, 0) is 98.5 Å². The summed E-state index contributed by atoms with van der Waals surface area (Å²) in [6.45, 7) is 4.65. The van der Waals surface area contributed by atoms with Crippen LogP contribution in [0.25, 0.3) is 0 Å².